The van der Waals surface area contributed by atoms with E-state index in [0.717, 1.165) is 27.4 Å². The van der Waals surface area contributed by atoms with E-state index >= 15 is 0 Å². The molecule has 2 nitrogen and oxygen atoms in total. The first-order valence-electron chi connectivity index (χ1n) is 18.1. The van der Waals surface area contributed by atoms with Crippen LogP contribution in [0, 0.1) is 0 Å². The minimum Gasteiger partial charge on any atom is -0.456 e. The highest BCUT2D eigenvalue weighted by molar-refractivity contribution is 6.11. The Hall–Kier alpha value is -5.60. The summed E-state index contributed by atoms with van der Waals surface area (Å²) >= 11 is 0. The predicted octanol–water partition coefficient (Wildman–Crippen LogP) is 11.0. The number of hydrogen-bond donors (Lipinski definition) is 0. The fourth-order valence-corrected chi connectivity index (χ4v) is 6.12. The van der Waals surface area contributed by atoms with Crippen LogP contribution in [0.2, 0.25) is 0 Å². The molecule has 2 heteroatoms. The van der Waals surface area contributed by atoms with Gasteiger partial charge in [0, 0.05) is 27.4 Å². The quantitative estimate of drug-likeness (QED) is 0.216. The van der Waals surface area contributed by atoms with Crippen molar-refractivity contribution in [2.75, 3.05) is 0 Å². The summed E-state index contributed by atoms with van der Waals surface area (Å²) in [5.74, 6) is 1.07. The van der Waals surface area contributed by atoms with E-state index in [2.05, 4.69) is 0 Å². The van der Waals surface area contributed by atoms with E-state index in [1.807, 2.05) is 66.7 Å². The van der Waals surface area contributed by atoms with Crippen molar-refractivity contribution in [3.05, 3.63) is 151 Å². The highest BCUT2D eigenvalue weighted by Gasteiger charge is 2.22. The number of rotatable bonds is 3. The average Bonchev–Trinajstić information content (AvgIpc) is 3.48. The normalized spacial score (nSPS) is 15.0. The van der Waals surface area contributed by atoms with E-state index in [0.29, 0.717) is 39.0 Å². The van der Waals surface area contributed by atoms with Gasteiger partial charge in [-0.1, -0.05) is 109 Å². The van der Waals surface area contributed by atoms with E-state index in [9.17, 15) is 5.48 Å². The van der Waals surface area contributed by atoms with Gasteiger partial charge in [0.15, 0.2) is 0 Å². The van der Waals surface area contributed by atoms with E-state index < -0.39 is 18.1 Å². The Bertz CT molecular complexity index is 2730. The van der Waals surface area contributed by atoms with Crippen LogP contribution in [0.1, 0.15) is 12.3 Å². The van der Waals surface area contributed by atoms with Crippen LogP contribution in [-0.2, 0) is 0 Å². The predicted molar refractivity (Wildman–Crippen MR) is 175 cm³/mol. The number of ether oxygens (including phenoxy) is 1. The van der Waals surface area contributed by atoms with E-state index in [4.69, 9.17) is 11.6 Å². The van der Waals surface area contributed by atoms with Crippen LogP contribution in [0.15, 0.2) is 151 Å². The third kappa shape index (κ3) is 3.39. The lowest BCUT2D eigenvalue weighted by molar-refractivity contribution is 0.487. The first-order chi connectivity index (χ1) is 24.6. The third-order valence-electron chi connectivity index (χ3n) is 7.97. The number of aromatic nitrogens is 1. The minimum absolute atomic E-state index is 0.0937. The standard InChI is InChI=1S/C40H25NO/c1-2-9-27(10-3-1)30-22-24-39-40-33(30)13-8-14-34(40)35-25-28(19-23-38(35)42-39)26-17-20-29(21-18-26)41-36-15-6-4-11-31(36)32-12-5-7-16-37(32)41/h1-25H/i1D,2D,3D,9D,10D,17D,18D,20D,21D. The van der Waals surface area contributed by atoms with Crippen LogP contribution >= 0.6 is 0 Å². The molecule has 0 unspecified atom stereocenters. The van der Waals surface area contributed by atoms with E-state index in [-0.39, 0.29) is 53.1 Å². The van der Waals surface area contributed by atoms with Crippen LogP contribution in [0.5, 0.6) is 11.5 Å². The van der Waals surface area contributed by atoms with Gasteiger partial charge in [0.25, 0.3) is 0 Å². The molecule has 0 aliphatic carbocycles. The summed E-state index contributed by atoms with van der Waals surface area (Å²) in [4.78, 5) is 0. The second-order valence-electron chi connectivity index (χ2n) is 10.2. The Kier molecular flexibility index (Phi) is 3.41. The number of fused-ring (bicyclic) bond motifs is 5. The fraction of sp³-hybridized carbons (Fsp3) is 0. The molecule has 42 heavy (non-hydrogen) atoms. The molecule has 0 fully saturated rings. The molecule has 0 atom stereocenters. The molecule has 8 aromatic rings. The van der Waals surface area contributed by atoms with Gasteiger partial charge in [-0.3, -0.25) is 0 Å². The van der Waals surface area contributed by atoms with Crippen molar-refractivity contribution in [2.24, 2.45) is 0 Å². The lowest BCUT2D eigenvalue weighted by Crippen LogP contribution is -1.98. The molecule has 0 saturated carbocycles. The van der Waals surface area contributed by atoms with Gasteiger partial charge in [0.1, 0.15) is 11.5 Å². The molecular weight excluding hydrogens is 510 g/mol. The van der Waals surface area contributed by atoms with Gasteiger partial charge in [0.05, 0.1) is 23.4 Å². The molecule has 0 saturated heterocycles. The van der Waals surface area contributed by atoms with Crippen molar-refractivity contribution in [3.63, 3.8) is 0 Å². The lowest BCUT2D eigenvalue weighted by Gasteiger charge is -2.23. The van der Waals surface area contributed by atoms with Gasteiger partial charge in [-0.15, -0.1) is 0 Å². The van der Waals surface area contributed by atoms with Crippen LogP contribution in [0.25, 0.3) is 71.6 Å². The zero-order valence-corrected chi connectivity index (χ0v) is 22.1. The molecule has 1 aromatic heterocycles. The molecule has 7 aromatic carbocycles. The zero-order valence-electron chi connectivity index (χ0n) is 31.1. The van der Waals surface area contributed by atoms with Crippen molar-refractivity contribution in [3.8, 4) is 50.6 Å². The summed E-state index contributed by atoms with van der Waals surface area (Å²) in [5, 5.41) is 3.23. The lowest BCUT2D eigenvalue weighted by atomic mass is 9.89. The maximum atomic E-state index is 9.20. The van der Waals surface area contributed by atoms with Crippen LogP contribution in [0.3, 0.4) is 0 Å². The minimum atomic E-state index is -0.460. The van der Waals surface area contributed by atoms with Gasteiger partial charge in [-0.05, 0) is 75.6 Å². The number of hydrogen-bond acceptors (Lipinski definition) is 1. The van der Waals surface area contributed by atoms with Crippen LogP contribution < -0.4 is 4.74 Å². The monoisotopic (exact) mass is 544 g/mol. The van der Waals surface area contributed by atoms with Crippen molar-refractivity contribution in [1.82, 2.24) is 4.57 Å². The molecule has 1 aliphatic rings. The largest absolute Gasteiger partial charge is 0.456 e. The van der Waals surface area contributed by atoms with Gasteiger partial charge in [-0.2, -0.15) is 0 Å². The smallest absolute Gasteiger partial charge is 0.135 e. The summed E-state index contributed by atoms with van der Waals surface area (Å²) in [6.45, 7) is 0. The first-order valence-corrected chi connectivity index (χ1v) is 13.6. The molecule has 9 rings (SSSR count). The Morgan fingerprint density at radius 3 is 1.93 bits per heavy atom. The number of para-hydroxylation sites is 2. The molecule has 1 aliphatic heterocycles. The van der Waals surface area contributed by atoms with Crippen LogP contribution in [-0.4, -0.2) is 4.57 Å². The Morgan fingerprint density at radius 2 is 1.17 bits per heavy atom. The number of nitrogens with zero attached hydrogens (tertiary/aromatic N) is 1. The molecular formula is C40H25NO. The maximum absolute atomic E-state index is 9.20. The molecule has 196 valence electrons. The molecule has 2 heterocycles. The van der Waals surface area contributed by atoms with Gasteiger partial charge in [0.2, 0.25) is 0 Å². The third-order valence-corrected chi connectivity index (χ3v) is 7.97. The Balaban J connectivity index is 1.24. The first kappa shape index (κ1) is 16.0. The highest BCUT2D eigenvalue weighted by Crippen LogP contribution is 2.49. The summed E-state index contributed by atoms with van der Waals surface area (Å²) in [7, 11) is 0. The van der Waals surface area contributed by atoms with Gasteiger partial charge in [-0.25, -0.2) is 0 Å². The molecule has 0 amide bonds. The van der Waals surface area contributed by atoms with Crippen molar-refractivity contribution < 1.29 is 17.1 Å². The second-order valence-corrected chi connectivity index (χ2v) is 10.2. The van der Waals surface area contributed by atoms with E-state index in [1.165, 1.54) is 0 Å². The van der Waals surface area contributed by atoms with Crippen molar-refractivity contribution in [1.29, 1.82) is 0 Å². The zero-order chi connectivity index (χ0) is 35.5. The fourth-order valence-electron chi connectivity index (χ4n) is 6.12. The summed E-state index contributed by atoms with van der Waals surface area (Å²) in [5.41, 5.74) is 4.36. The van der Waals surface area contributed by atoms with Crippen LogP contribution in [0.4, 0.5) is 0 Å². The highest BCUT2D eigenvalue weighted by atomic mass is 16.5. The molecule has 0 spiro atoms. The SMILES string of the molecule is [2H]c1c([2H])c([2H])c(-c2ccc3c4c(cccc24)-c2cc(-c4c([2H])c([2H])c(-n5c6ccccc6c6ccccc65)c([2H])c4[2H])ccc2O3)c([2H])c1[2H]. The Labute approximate surface area is 256 Å². The molecule has 0 N–H and O–H groups in total. The van der Waals surface area contributed by atoms with Crippen molar-refractivity contribution in [2.45, 2.75) is 0 Å². The molecule has 0 bridgehead atoms. The topological polar surface area (TPSA) is 14.2 Å². The summed E-state index contributed by atoms with van der Waals surface area (Å²) in [6.07, 6.45) is 0. The van der Waals surface area contributed by atoms with Gasteiger partial charge >= 0.3 is 0 Å². The van der Waals surface area contributed by atoms with Crippen molar-refractivity contribution >= 4 is 32.6 Å². The average molecular weight is 545 g/mol. The maximum Gasteiger partial charge on any atom is 0.135 e. The molecule has 0 radical (unpaired) electrons. The number of benzene rings is 7. The second kappa shape index (κ2) is 8.95. The van der Waals surface area contributed by atoms with E-state index in [1.54, 1.807) is 34.9 Å². The Morgan fingerprint density at radius 1 is 0.476 bits per heavy atom. The van der Waals surface area contributed by atoms with Gasteiger partial charge < -0.3 is 9.30 Å². The summed E-state index contributed by atoms with van der Waals surface area (Å²) in [6, 6.07) is 27.2. The summed E-state index contributed by atoms with van der Waals surface area (Å²) < 4.78 is 86.7.